The molecule has 28 heavy (non-hydrogen) atoms. The number of benzene rings is 2. The van der Waals surface area contributed by atoms with Crippen LogP contribution in [0.4, 0.5) is 5.69 Å². The summed E-state index contributed by atoms with van der Waals surface area (Å²) in [5, 5.41) is 0. The van der Waals surface area contributed by atoms with E-state index in [1.54, 1.807) is 30.3 Å². The van der Waals surface area contributed by atoms with Crippen molar-refractivity contribution in [2.45, 2.75) is 38.0 Å². The highest BCUT2D eigenvalue weighted by atomic mass is 32.2. The van der Waals surface area contributed by atoms with Gasteiger partial charge in [-0.05, 0) is 62.4 Å². The Hall–Kier alpha value is -2.34. The summed E-state index contributed by atoms with van der Waals surface area (Å²) < 4.78 is 27.4. The third-order valence-corrected chi connectivity index (χ3v) is 6.87. The van der Waals surface area contributed by atoms with Gasteiger partial charge in [-0.1, -0.05) is 30.7 Å². The average molecular weight is 401 g/mol. The van der Waals surface area contributed by atoms with Gasteiger partial charge in [0.05, 0.1) is 10.6 Å². The Morgan fingerprint density at radius 2 is 1.79 bits per heavy atom. The number of anilines is 1. The number of hydrogen-bond acceptors (Lipinski definition) is 3. The molecule has 0 aromatic heterocycles. The molecule has 150 valence electrons. The summed E-state index contributed by atoms with van der Waals surface area (Å²) >= 11 is 0. The third-order valence-electron chi connectivity index (χ3n) is 5.09. The summed E-state index contributed by atoms with van der Waals surface area (Å²) in [6.45, 7) is 5.45. The summed E-state index contributed by atoms with van der Waals surface area (Å²) in [5.74, 6) is 0.499. The van der Waals surface area contributed by atoms with Gasteiger partial charge in [0, 0.05) is 25.7 Å². The number of hydrogen-bond donors (Lipinski definition) is 0. The lowest BCUT2D eigenvalue weighted by Crippen LogP contribution is -2.34. The SMILES string of the molecule is CCCN(CC1CC1)C(=O)c1cccc(S(=O)(=O)N(C)c2ccc(C)cc2)c1. The number of nitrogens with zero attached hydrogens (tertiary/aromatic N) is 2. The third kappa shape index (κ3) is 4.55. The first-order valence-electron chi connectivity index (χ1n) is 9.78. The van der Waals surface area contributed by atoms with Crippen molar-refractivity contribution in [1.29, 1.82) is 0 Å². The zero-order valence-electron chi connectivity index (χ0n) is 16.8. The maximum atomic E-state index is 13.1. The van der Waals surface area contributed by atoms with Crippen LogP contribution in [-0.2, 0) is 10.0 Å². The second-order valence-corrected chi connectivity index (χ2v) is 9.50. The van der Waals surface area contributed by atoms with Crippen LogP contribution >= 0.6 is 0 Å². The number of amides is 1. The fourth-order valence-corrected chi connectivity index (χ4v) is 4.42. The highest BCUT2D eigenvalue weighted by Crippen LogP contribution is 2.30. The van der Waals surface area contributed by atoms with Gasteiger partial charge in [-0.3, -0.25) is 9.10 Å². The van der Waals surface area contributed by atoms with Gasteiger partial charge in [-0.15, -0.1) is 0 Å². The second kappa shape index (κ2) is 8.35. The summed E-state index contributed by atoms with van der Waals surface area (Å²) in [7, 11) is -2.21. The molecule has 1 aliphatic carbocycles. The minimum absolute atomic E-state index is 0.0937. The van der Waals surface area contributed by atoms with E-state index in [0.717, 1.165) is 18.5 Å². The standard InChI is InChI=1S/C22H28N2O3S/c1-4-14-24(16-18-10-11-18)22(25)19-6-5-7-21(15-19)28(26,27)23(3)20-12-8-17(2)9-13-20/h5-9,12-13,15,18H,4,10-11,14,16H2,1-3H3. The Labute approximate surface area is 168 Å². The van der Waals surface area contributed by atoms with E-state index < -0.39 is 10.0 Å². The van der Waals surface area contributed by atoms with Gasteiger partial charge in [0.1, 0.15) is 0 Å². The molecule has 0 radical (unpaired) electrons. The Kier molecular flexibility index (Phi) is 6.08. The number of carbonyl (C=O) groups excluding carboxylic acids is 1. The smallest absolute Gasteiger partial charge is 0.264 e. The van der Waals surface area contributed by atoms with Crippen LogP contribution in [0.1, 0.15) is 42.1 Å². The van der Waals surface area contributed by atoms with E-state index >= 15 is 0 Å². The normalized spacial score (nSPS) is 14.0. The van der Waals surface area contributed by atoms with Gasteiger partial charge in [0.25, 0.3) is 15.9 Å². The first-order chi connectivity index (χ1) is 13.3. The van der Waals surface area contributed by atoms with E-state index in [4.69, 9.17) is 0 Å². The predicted molar refractivity (Wildman–Crippen MR) is 112 cm³/mol. The summed E-state index contributed by atoms with van der Waals surface area (Å²) in [6.07, 6.45) is 3.22. The molecular weight excluding hydrogens is 372 g/mol. The fourth-order valence-electron chi connectivity index (χ4n) is 3.18. The Balaban J connectivity index is 1.86. The summed E-state index contributed by atoms with van der Waals surface area (Å²) in [4.78, 5) is 15.0. The molecule has 2 aromatic carbocycles. The number of aryl methyl sites for hydroxylation is 1. The molecule has 0 bridgehead atoms. The quantitative estimate of drug-likeness (QED) is 0.671. The topological polar surface area (TPSA) is 57.7 Å². The molecule has 0 N–H and O–H groups in total. The number of rotatable bonds is 8. The molecule has 0 aliphatic heterocycles. The minimum atomic E-state index is -3.75. The summed E-state index contributed by atoms with van der Waals surface area (Å²) in [5.41, 5.74) is 2.07. The predicted octanol–water partition coefficient (Wildman–Crippen LogP) is 4.08. The van der Waals surface area contributed by atoms with Gasteiger partial charge in [0.2, 0.25) is 0 Å². The van der Waals surface area contributed by atoms with E-state index in [0.29, 0.717) is 23.7 Å². The van der Waals surface area contributed by atoms with E-state index in [1.165, 1.54) is 30.3 Å². The highest BCUT2D eigenvalue weighted by Gasteiger charge is 2.28. The molecule has 3 rings (SSSR count). The van der Waals surface area contributed by atoms with Crippen LogP contribution in [0.3, 0.4) is 0 Å². The average Bonchev–Trinajstić information content (AvgIpc) is 3.51. The van der Waals surface area contributed by atoms with Crippen LogP contribution in [0.2, 0.25) is 0 Å². The number of carbonyl (C=O) groups is 1. The van der Waals surface area contributed by atoms with E-state index in [2.05, 4.69) is 0 Å². The van der Waals surface area contributed by atoms with Gasteiger partial charge >= 0.3 is 0 Å². The van der Waals surface area contributed by atoms with Gasteiger partial charge in [-0.25, -0.2) is 8.42 Å². The molecule has 5 nitrogen and oxygen atoms in total. The fraction of sp³-hybridized carbons (Fsp3) is 0.409. The van der Waals surface area contributed by atoms with Crippen molar-refractivity contribution in [2.24, 2.45) is 5.92 Å². The lowest BCUT2D eigenvalue weighted by Gasteiger charge is -2.23. The maximum Gasteiger partial charge on any atom is 0.264 e. The Morgan fingerprint density at radius 1 is 1.11 bits per heavy atom. The van der Waals surface area contributed by atoms with Crippen LogP contribution in [0, 0.1) is 12.8 Å². The van der Waals surface area contributed by atoms with Gasteiger partial charge in [0.15, 0.2) is 0 Å². The second-order valence-electron chi connectivity index (χ2n) is 7.53. The molecule has 0 atom stereocenters. The number of sulfonamides is 1. The monoisotopic (exact) mass is 400 g/mol. The van der Waals surface area contributed by atoms with Crippen molar-refractivity contribution in [1.82, 2.24) is 4.90 Å². The van der Waals surface area contributed by atoms with Crippen molar-refractivity contribution < 1.29 is 13.2 Å². The summed E-state index contributed by atoms with van der Waals surface area (Å²) in [6, 6.07) is 13.7. The first-order valence-corrected chi connectivity index (χ1v) is 11.2. The van der Waals surface area contributed by atoms with Crippen LogP contribution in [0.15, 0.2) is 53.4 Å². The lowest BCUT2D eigenvalue weighted by molar-refractivity contribution is 0.0747. The molecule has 0 saturated heterocycles. The molecule has 0 spiro atoms. The van der Waals surface area contributed by atoms with Crippen molar-refractivity contribution in [2.75, 3.05) is 24.4 Å². The van der Waals surface area contributed by atoms with Crippen molar-refractivity contribution in [3.63, 3.8) is 0 Å². The molecule has 1 fully saturated rings. The molecule has 0 heterocycles. The molecule has 2 aromatic rings. The van der Waals surface area contributed by atoms with Crippen LogP contribution in [0.5, 0.6) is 0 Å². The molecule has 1 aliphatic rings. The molecule has 0 unspecified atom stereocenters. The van der Waals surface area contributed by atoms with E-state index in [1.807, 2.05) is 30.9 Å². The first kappa shape index (κ1) is 20.4. The largest absolute Gasteiger partial charge is 0.338 e. The zero-order chi connectivity index (χ0) is 20.3. The highest BCUT2D eigenvalue weighted by molar-refractivity contribution is 7.92. The van der Waals surface area contributed by atoms with Crippen molar-refractivity contribution >= 4 is 21.6 Å². The van der Waals surface area contributed by atoms with Crippen LogP contribution in [0.25, 0.3) is 0 Å². The molecule has 1 amide bonds. The molecule has 1 saturated carbocycles. The van der Waals surface area contributed by atoms with Gasteiger partial charge < -0.3 is 4.90 Å². The van der Waals surface area contributed by atoms with Gasteiger partial charge in [-0.2, -0.15) is 0 Å². The Morgan fingerprint density at radius 3 is 2.39 bits per heavy atom. The van der Waals surface area contributed by atoms with Crippen LogP contribution < -0.4 is 4.31 Å². The lowest BCUT2D eigenvalue weighted by atomic mass is 10.2. The zero-order valence-corrected chi connectivity index (χ0v) is 17.6. The van der Waals surface area contributed by atoms with Crippen molar-refractivity contribution in [3.8, 4) is 0 Å². The maximum absolute atomic E-state index is 13.1. The molecular formula is C22H28N2O3S. The molecule has 6 heteroatoms. The minimum Gasteiger partial charge on any atom is -0.338 e. The van der Waals surface area contributed by atoms with E-state index in [-0.39, 0.29) is 10.8 Å². The Bertz CT molecular complexity index is 935. The van der Waals surface area contributed by atoms with Crippen LogP contribution in [-0.4, -0.2) is 39.4 Å². The van der Waals surface area contributed by atoms with E-state index in [9.17, 15) is 13.2 Å². The van der Waals surface area contributed by atoms with Crippen molar-refractivity contribution in [3.05, 3.63) is 59.7 Å².